The maximum atomic E-state index is 12.7. The second kappa shape index (κ2) is 9.34. The summed E-state index contributed by atoms with van der Waals surface area (Å²) in [6.07, 6.45) is 0. The number of benzene rings is 4. The molecule has 0 aliphatic heterocycles. The zero-order valence-corrected chi connectivity index (χ0v) is 19.1. The number of hydrogen-bond donors (Lipinski definition) is 2. The average molecular weight is 461 g/mol. The van der Waals surface area contributed by atoms with Crippen molar-refractivity contribution in [2.75, 3.05) is 16.6 Å². The third-order valence-corrected chi connectivity index (χ3v) is 6.43. The van der Waals surface area contributed by atoms with E-state index in [1.54, 1.807) is 24.3 Å². The molecule has 168 valence electrons. The van der Waals surface area contributed by atoms with E-state index in [1.807, 2.05) is 62.4 Å². The maximum absolute atomic E-state index is 12.7. The summed E-state index contributed by atoms with van der Waals surface area (Å²) >= 11 is 0. The number of anilines is 2. The highest BCUT2D eigenvalue weighted by atomic mass is 32.2. The summed E-state index contributed by atoms with van der Waals surface area (Å²) in [5, 5.41) is 4.68. The van der Waals surface area contributed by atoms with Gasteiger partial charge in [0.2, 0.25) is 0 Å². The number of amides is 1. The van der Waals surface area contributed by atoms with Crippen molar-refractivity contribution in [3.63, 3.8) is 0 Å². The lowest BCUT2D eigenvalue weighted by Crippen LogP contribution is -2.20. The third-order valence-electron chi connectivity index (χ3n) is 5.03. The molecule has 0 unspecified atom stereocenters. The minimum atomic E-state index is -3.75. The first-order chi connectivity index (χ1) is 15.8. The van der Waals surface area contributed by atoms with E-state index in [0.717, 1.165) is 21.9 Å². The molecule has 0 atom stereocenters. The van der Waals surface area contributed by atoms with Crippen LogP contribution in [0, 0.1) is 13.8 Å². The van der Waals surface area contributed by atoms with Gasteiger partial charge in [0.25, 0.3) is 15.9 Å². The number of fused-ring (bicyclic) bond motifs is 1. The van der Waals surface area contributed by atoms with Gasteiger partial charge in [0, 0.05) is 16.8 Å². The summed E-state index contributed by atoms with van der Waals surface area (Å²) in [7, 11) is -3.75. The Balaban J connectivity index is 1.39. The first-order valence-corrected chi connectivity index (χ1v) is 11.9. The molecule has 1 amide bonds. The van der Waals surface area contributed by atoms with Gasteiger partial charge in [-0.1, -0.05) is 42.5 Å². The fourth-order valence-corrected chi connectivity index (χ4v) is 4.67. The van der Waals surface area contributed by atoms with Crippen LogP contribution in [0.3, 0.4) is 0 Å². The molecule has 0 fully saturated rings. The quantitative estimate of drug-likeness (QED) is 0.393. The van der Waals surface area contributed by atoms with Crippen molar-refractivity contribution in [1.82, 2.24) is 0 Å². The lowest BCUT2D eigenvalue weighted by Gasteiger charge is -2.11. The van der Waals surface area contributed by atoms with Crippen LogP contribution in [0.5, 0.6) is 5.75 Å². The summed E-state index contributed by atoms with van der Waals surface area (Å²) in [4.78, 5) is 12.4. The molecular formula is C26H24N2O4S. The molecule has 33 heavy (non-hydrogen) atoms. The molecule has 6 nitrogen and oxygen atoms in total. The molecular weight excluding hydrogens is 436 g/mol. The molecule has 0 radical (unpaired) electrons. The van der Waals surface area contributed by atoms with E-state index in [0.29, 0.717) is 17.1 Å². The number of rotatable bonds is 7. The summed E-state index contributed by atoms with van der Waals surface area (Å²) in [6.45, 7) is 3.65. The molecule has 4 rings (SSSR count). The minimum absolute atomic E-state index is 0.103. The number of ether oxygens (including phenoxy) is 1. The van der Waals surface area contributed by atoms with E-state index in [9.17, 15) is 13.2 Å². The summed E-state index contributed by atoms with van der Waals surface area (Å²) in [5.74, 6) is 0.286. The molecule has 0 saturated heterocycles. The van der Waals surface area contributed by atoms with E-state index in [2.05, 4.69) is 10.0 Å². The van der Waals surface area contributed by atoms with Crippen molar-refractivity contribution < 1.29 is 17.9 Å². The van der Waals surface area contributed by atoms with E-state index >= 15 is 0 Å². The van der Waals surface area contributed by atoms with E-state index in [-0.39, 0.29) is 17.4 Å². The van der Waals surface area contributed by atoms with Crippen molar-refractivity contribution in [3.8, 4) is 5.75 Å². The molecule has 4 aromatic carbocycles. The van der Waals surface area contributed by atoms with E-state index in [1.165, 1.54) is 12.1 Å². The SMILES string of the molecule is Cc1cc(C)cc(NS(=O)(=O)c2ccc(NC(=O)COc3cccc4ccccc34)cc2)c1. The van der Waals surface area contributed by atoms with Crippen LogP contribution in [-0.4, -0.2) is 20.9 Å². The Morgan fingerprint density at radius 3 is 2.21 bits per heavy atom. The van der Waals surface area contributed by atoms with Gasteiger partial charge in [-0.2, -0.15) is 0 Å². The van der Waals surface area contributed by atoms with Crippen molar-refractivity contribution in [3.05, 3.63) is 96.1 Å². The monoisotopic (exact) mass is 460 g/mol. The molecule has 7 heteroatoms. The van der Waals surface area contributed by atoms with Gasteiger partial charge in [-0.15, -0.1) is 0 Å². The molecule has 0 spiro atoms. The maximum Gasteiger partial charge on any atom is 0.262 e. The molecule has 2 N–H and O–H groups in total. The molecule has 0 aromatic heterocycles. The van der Waals surface area contributed by atoms with Gasteiger partial charge in [0.1, 0.15) is 5.75 Å². The van der Waals surface area contributed by atoms with Gasteiger partial charge in [-0.3, -0.25) is 9.52 Å². The Morgan fingerprint density at radius 2 is 1.48 bits per heavy atom. The zero-order valence-electron chi connectivity index (χ0n) is 18.3. The van der Waals surface area contributed by atoms with Crippen molar-refractivity contribution >= 4 is 38.1 Å². The predicted octanol–water partition coefficient (Wildman–Crippen LogP) is 5.27. The molecule has 4 aromatic rings. The Bertz CT molecular complexity index is 1390. The number of nitrogens with one attached hydrogen (secondary N) is 2. The van der Waals surface area contributed by atoms with Gasteiger partial charge < -0.3 is 10.1 Å². The Kier molecular flexibility index (Phi) is 6.33. The number of carbonyl (C=O) groups excluding carboxylic acids is 1. The fourth-order valence-electron chi connectivity index (χ4n) is 3.63. The molecule has 0 aliphatic carbocycles. The zero-order chi connectivity index (χ0) is 23.4. The highest BCUT2D eigenvalue weighted by molar-refractivity contribution is 7.92. The van der Waals surface area contributed by atoms with Gasteiger partial charge >= 0.3 is 0 Å². The van der Waals surface area contributed by atoms with Crippen molar-refractivity contribution in [2.24, 2.45) is 0 Å². The number of sulfonamides is 1. The smallest absolute Gasteiger partial charge is 0.262 e. The van der Waals surface area contributed by atoms with Crippen molar-refractivity contribution in [1.29, 1.82) is 0 Å². The second-order valence-corrected chi connectivity index (χ2v) is 9.50. The second-order valence-electron chi connectivity index (χ2n) is 7.82. The Labute approximate surface area is 193 Å². The van der Waals surface area contributed by atoms with Crippen LogP contribution in [-0.2, 0) is 14.8 Å². The first-order valence-electron chi connectivity index (χ1n) is 10.4. The molecule has 0 aliphatic rings. The van der Waals surface area contributed by atoms with Gasteiger partial charge in [0.05, 0.1) is 4.90 Å². The summed E-state index contributed by atoms with van der Waals surface area (Å²) in [6, 6.07) is 25.0. The van der Waals surface area contributed by atoms with Gasteiger partial charge in [-0.05, 0) is 72.8 Å². The summed E-state index contributed by atoms with van der Waals surface area (Å²) in [5.41, 5.74) is 2.93. The highest BCUT2D eigenvalue weighted by Crippen LogP contribution is 2.25. The average Bonchev–Trinajstić information content (AvgIpc) is 2.77. The van der Waals surface area contributed by atoms with Crippen molar-refractivity contribution in [2.45, 2.75) is 18.7 Å². The lowest BCUT2D eigenvalue weighted by atomic mass is 10.1. The third kappa shape index (κ3) is 5.51. The van der Waals surface area contributed by atoms with Gasteiger partial charge in [0.15, 0.2) is 6.61 Å². The van der Waals surface area contributed by atoms with Crippen LogP contribution >= 0.6 is 0 Å². The predicted molar refractivity (Wildman–Crippen MR) is 131 cm³/mol. The highest BCUT2D eigenvalue weighted by Gasteiger charge is 2.15. The topological polar surface area (TPSA) is 84.5 Å². The van der Waals surface area contributed by atoms with E-state index < -0.39 is 10.0 Å². The van der Waals surface area contributed by atoms with Crippen LogP contribution in [0.1, 0.15) is 11.1 Å². The fraction of sp³-hybridized carbons (Fsp3) is 0.115. The Morgan fingerprint density at radius 1 is 0.818 bits per heavy atom. The van der Waals surface area contributed by atoms with Crippen LogP contribution in [0.25, 0.3) is 10.8 Å². The van der Waals surface area contributed by atoms with Crippen LogP contribution < -0.4 is 14.8 Å². The van der Waals surface area contributed by atoms with Gasteiger partial charge in [-0.25, -0.2) is 8.42 Å². The summed E-state index contributed by atoms with van der Waals surface area (Å²) < 4.78 is 33.7. The minimum Gasteiger partial charge on any atom is -0.483 e. The number of hydrogen-bond acceptors (Lipinski definition) is 4. The van der Waals surface area contributed by atoms with Crippen LogP contribution in [0.15, 0.2) is 89.8 Å². The normalized spacial score (nSPS) is 11.2. The molecule has 0 heterocycles. The standard InChI is InChI=1S/C26H24N2O4S/c1-18-14-19(2)16-22(15-18)28-33(30,31)23-12-10-21(11-13-23)27-26(29)17-32-25-9-5-7-20-6-3-4-8-24(20)25/h3-16,28H,17H2,1-2H3,(H,27,29). The van der Waals surface area contributed by atoms with Crippen LogP contribution in [0.2, 0.25) is 0 Å². The number of aryl methyl sites for hydroxylation is 2. The van der Waals surface area contributed by atoms with Crippen LogP contribution in [0.4, 0.5) is 11.4 Å². The molecule has 0 bridgehead atoms. The largest absolute Gasteiger partial charge is 0.483 e. The van der Waals surface area contributed by atoms with E-state index in [4.69, 9.17) is 4.74 Å². The molecule has 0 saturated carbocycles. The number of carbonyl (C=O) groups is 1. The Hall–Kier alpha value is -3.84. The lowest BCUT2D eigenvalue weighted by molar-refractivity contribution is -0.118. The first kappa shape index (κ1) is 22.4.